The molecule has 2 aromatic rings. The van der Waals surface area contributed by atoms with E-state index in [2.05, 4.69) is 26.1 Å². The average molecular weight is 410 g/mol. The normalized spacial score (nSPS) is 12.4. The summed E-state index contributed by atoms with van der Waals surface area (Å²) < 4.78 is 5.24. The van der Waals surface area contributed by atoms with E-state index in [1.807, 2.05) is 39.0 Å². The number of nitrogens with one attached hydrogen (secondary N) is 1. The van der Waals surface area contributed by atoms with Crippen molar-refractivity contribution in [3.63, 3.8) is 0 Å². The summed E-state index contributed by atoms with van der Waals surface area (Å²) in [7, 11) is 0. The number of hydrogen-bond donors (Lipinski definition) is 1. The molecular weight excluding hydrogens is 378 g/mol. The highest BCUT2D eigenvalue weighted by molar-refractivity contribution is 5.99. The van der Waals surface area contributed by atoms with E-state index in [4.69, 9.17) is 4.74 Å². The van der Waals surface area contributed by atoms with Gasteiger partial charge in [0.2, 0.25) is 0 Å². The first-order chi connectivity index (χ1) is 14.0. The van der Waals surface area contributed by atoms with E-state index in [9.17, 15) is 14.4 Å². The molecular formula is C25H31NO4. The van der Waals surface area contributed by atoms with Crippen LogP contribution in [0.3, 0.4) is 0 Å². The Hall–Kier alpha value is -2.95. The highest BCUT2D eigenvalue weighted by atomic mass is 16.5. The Labute approximate surface area is 178 Å². The van der Waals surface area contributed by atoms with Crippen molar-refractivity contribution < 1.29 is 19.1 Å². The van der Waals surface area contributed by atoms with Gasteiger partial charge in [0.1, 0.15) is 6.04 Å². The van der Waals surface area contributed by atoms with Gasteiger partial charge in [-0.2, -0.15) is 0 Å². The van der Waals surface area contributed by atoms with Crippen molar-refractivity contribution in [2.24, 2.45) is 5.92 Å². The summed E-state index contributed by atoms with van der Waals surface area (Å²) in [6.45, 7) is 11.5. The van der Waals surface area contributed by atoms with Gasteiger partial charge in [-0.25, -0.2) is 4.79 Å². The highest BCUT2D eigenvalue weighted by Gasteiger charge is 2.27. The molecule has 0 fully saturated rings. The Bertz CT molecular complexity index is 907. The van der Waals surface area contributed by atoms with E-state index < -0.39 is 12.0 Å². The maximum absolute atomic E-state index is 12.6. The fraction of sp³-hybridized carbons (Fsp3) is 0.400. The number of carbonyl (C=O) groups is 3. The van der Waals surface area contributed by atoms with E-state index in [-0.39, 0.29) is 29.6 Å². The molecule has 0 aromatic heterocycles. The molecule has 0 unspecified atom stereocenters. The van der Waals surface area contributed by atoms with Crippen LogP contribution >= 0.6 is 0 Å². The predicted molar refractivity (Wildman–Crippen MR) is 118 cm³/mol. The fourth-order valence-electron chi connectivity index (χ4n) is 2.97. The molecule has 0 bridgehead atoms. The molecule has 30 heavy (non-hydrogen) atoms. The summed E-state index contributed by atoms with van der Waals surface area (Å²) in [5.41, 5.74) is 3.03. The first-order valence-corrected chi connectivity index (χ1v) is 10.2. The van der Waals surface area contributed by atoms with Gasteiger partial charge in [0.05, 0.1) is 0 Å². The maximum Gasteiger partial charge on any atom is 0.329 e. The van der Waals surface area contributed by atoms with Crippen LogP contribution < -0.4 is 5.32 Å². The van der Waals surface area contributed by atoms with Crippen LogP contribution in [0.4, 0.5) is 0 Å². The third-order valence-corrected chi connectivity index (χ3v) is 4.91. The van der Waals surface area contributed by atoms with Gasteiger partial charge in [0.25, 0.3) is 5.91 Å². The zero-order valence-electron chi connectivity index (χ0n) is 18.6. The van der Waals surface area contributed by atoms with E-state index in [0.717, 1.165) is 11.1 Å². The standard InChI is InChI=1S/C25H31NO4/c1-16(2)22(26-23(28)19-9-7-8-17(3)14-19)24(29)30-15-21(27)18-10-12-20(13-11-18)25(4,5)6/h7-14,16,22H,15H2,1-6H3,(H,26,28)/t22-/m0/s1. The van der Waals surface area contributed by atoms with Crippen LogP contribution in [0.2, 0.25) is 0 Å². The molecule has 160 valence electrons. The maximum atomic E-state index is 12.6. The lowest BCUT2D eigenvalue weighted by molar-refractivity contribution is -0.145. The quantitative estimate of drug-likeness (QED) is 0.541. The predicted octanol–water partition coefficient (Wildman–Crippen LogP) is 4.47. The number of benzene rings is 2. The molecule has 1 atom stereocenters. The first-order valence-electron chi connectivity index (χ1n) is 10.2. The van der Waals surface area contributed by atoms with Crippen molar-refractivity contribution in [1.29, 1.82) is 0 Å². The lowest BCUT2D eigenvalue weighted by atomic mass is 9.86. The molecule has 0 aliphatic heterocycles. The molecule has 1 N–H and O–H groups in total. The molecule has 0 heterocycles. The Kier molecular flexibility index (Phi) is 7.54. The number of ether oxygens (including phenoxy) is 1. The van der Waals surface area contributed by atoms with Crippen LogP contribution in [-0.4, -0.2) is 30.3 Å². The zero-order chi connectivity index (χ0) is 22.5. The van der Waals surface area contributed by atoms with Crippen LogP contribution in [0.1, 0.15) is 66.5 Å². The van der Waals surface area contributed by atoms with Crippen LogP contribution in [0, 0.1) is 12.8 Å². The van der Waals surface area contributed by atoms with Gasteiger partial charge in [0, 0.05) is 11.1 Å². The van der Waals surface area contributed by atoms with Gasteiger partial charge in [-0.15, -0.1) is 0 Å². The Morgan fingerprint density at radius 1 is 0.967 bits per heavy atom. The number of amides is 1. The van der Waals surface area contributed by atoms with E-state index in [1.165, 1.54) is 0 Å². The van der Waals surface area contributed by atoms with Crippen molar-refractivity contribution in [3.05, 3.63) is 70.8 Å². The Morgan fingerprint density at radius 2 is 1.60 bits per heavy atom. The number of Topliss-reactive ketones (excluding diaryl/α,β-unsaturated/α-hetero) is 1. The summed E-state index contributed by atoms with van der Waals surface area (Å²) in [4.78, 5) is 37.5. The smallest absolute Gasteiger partial charge is 0.329 e. The van der Waals surface area contributed by atoms with Gasteiger partial charge >= 0.3 is 5.97 Å². The molecule has 0 aliphatic rings. The summed E-state index contributed by atoms with van der Waals surface area (Å²) in [5.74, 6) is -1.44. The molecule has 5 heteroatoms. The molecule has 0 spiro atoms. The van der Waals surface area contributed by atoms with Crippen LogP contribution in [0.15, 0.2) is 48.5 Å². The molecule has 0 saturated carbocycles. The number of rotatable bonds is 7. The third kappa shape index (κ3) is 6.28. The minimum absolute atomic E-state index is 0.00592. The highest BCUT2D eigenvalue weighted by Crippen LogP contribution is 2.22. The number of esters is 1. The second-order valence-corrected chi connectivity index (χ2v) is 8.92. The number of ketones is 1. The second kappa shape index (κ2) is 9.70. The molecule has 1 amide bonds. The molecule has 0 aliphatic carbocycles. The number of aryl methyl sites for hydroxylation is 1. The lowest BCUT2D eigenvalue weighted by Crippen LogP contribution is -2.45. The van der Waals surface area contributed by atoms with Gasteiger partial charge < -0.3 is 10.1 Å². The lowest BCUT2D eigenvalue weighted by Gasteiger charge is -2.21. The minimum Gasteiger partial charge on any atom is -0.456 e. The van der Waals surface area contributed by atoms with Crippen molar-refractivity contribution in [1.82, 2.24) is 5.32 Å². The molecule has 2 rings (SSSR count). The second-order valence-electron chi connectivity index (χ2n) is 8.92. The number of hydrogen-bond acceptors (Lipinski definition) is 4. The monoisotopic (exact) mass is 409 g/mol. The van der Waals surface area contributed by atoms with E-state index in [1.54, 1.807) is 30.3 Å². The molecule has 0 saturated heterocycles. The van der Waals surface area contributed by atoms with Gasteiger partial charge in [-0.05, 0) is 36.0 Å². The van der Waals surface area contributed by atoms with Crippen LogP contribution in [-0.2, 0) is 14.9 Å². The van der Waals surface area contributed by atoms with E-state index >= 15 is 0 Å². The topological polar surface area (TPSA) is 72.5 Å². The van der Waals surface area contributed by atoms with Crippen molar-refractivity contribution in [2.45, 2.75) is 53.0 Å². The minimum atomic E-state index is -0.839. The Morgan fingerprint density at radius 3 is 2.13 bits per heavy atom. The van der Waals surface area contributed by atoms with Crippen molar-refractivity contribution in [3.8, 4) is 0 Å². The van der Waals surface area contributed by atoms with Crippen LogP contribution in [0.5, 0.6) is 0 Å². The van der Waals surface area contributed by atoms with Crippen molar-refractivity contribution >= 4 is 17.7 Å². The Balaban J connectivity index is 1.99. The van der Waals surface area contributed by atoms with Crippen molar-refractivity contribution in [2.75, 3.05) is 6.61 Å². The zero-order valence-corrected chi connectivity index (χ0v) is 18.6. The van der Waals surface area contributed by atoms with Gasteiger partial charge in [-0.3, -0.25) is 9.59 Å². The molecule has 0 radical (unpaired) electrons. The largest absolute Gasteiger partial charge is 0.456 e. The third-order valence-electron chi connectivity index (χ3n) is 4.91. The summed E-state index contributed by atoms with van der Waals surface area (Å²) in [5, 5.41) is 2.72. The molecule has 2 aromatic carbocycles. The average Bonchev–Trinajstić information content (AvgIpc) is 2.69. The number of carbonyl (C=O) groups excluding carboxylic acids is 3. The van der Waals surface area contributed by atoms with Gasteiger partial charge in [-0.1, -0.05) is 76.6 Å². The summed E-state index contributed by atoms with van der Waals surface area (Å²) in [6, 6.07) is 13.6. The first kappa shape index (κ1) is 23.3. The molecule has 5 nitrogen and oxygen atoms in total. The summed E-state index contributed by atoms with van der Waals surface area (Å²) in [6.07, 6.45) is 0. The fourth-order valence-corrected chi connectivity index (χ4v) is 2.97. The SMILES string of the molecule is Cc1cccc(C(=O)N[C@H](C(=O)OCC(=O)c2ccc(C(C)(C)C)cc2)C(C)C)c1. The summed E-state index contributed by atoms with van der Waals surface area (Å²) >= 11 is 0. The van der Waals surface area contributed by atoms with Gasteiger partial charge in [0.15, 0.2) is 12.4 Å². The van der Waals surface area contributed by atoms with E-state index in [0.29, 0.717) is 11.1 Å². The van der Waals surface area contributed by atoms with Crippen LogP contribution in [0.25, 0.3) is 0 Å².